The summed E-state index contributed by atoms with van der Waals surface area (Å²) in [5, 5.41) is 0. The van der Waals surface area contributed by atoms with Crippen molar-refractivity contribution >= 4 is 5.97 Å². The van der Waals surface area contributed by atoms with E-state index in [0.717, 1.165) is 30.8 Å². The molecule has 1 aliphatic carbocycles. The highest BCUT2D eigenvalue weighted by Crippen LogP contribution is 2.42. The van der Waals surface area contributed by atoms with E-state index in [1.165, 1.54) is 18.1 Å². The van der Waals surface area contributed by atoms with Gasteiger partial charge in [0.25, 0.3) is 0 Å². The van der Waals surface area contributed by atoms with Crippen molar-refractivity contribution in [2.45, 2.75) is 58.0 Å². The van der Waals surface area contributed by atoms with Gasteiger partial charge in [-0.25, -0.2) is 4.79 Å². The second kappa shape index (κ2) is 9.09. The third-order valence-corrected chi connectivity index (χ3v) is 5.78. The summed E-state index contributed by atoms with van der Waals surface area (Å²) in [6.45, 7) is 6.35. The predicted molar refractivity (Wildman–Crippen MR) is 113 cm³/mol. The molecule has 0 N–H and O–H groups in total. The van der Waals surface area contributed by atoms with Crippen LogP contribution in [-0.2, 0) is 14.9 Å². The summed E-state index contributed by atoms with van der Waals surface area (Å²) in [5.41, 5.74) is 1.15. The highest BCUT2D eigenvalue weighted by molar-refractivity contribution is 5.82. The molecule has 0 radical (unpaired) electrons. The fraction of sp³-hybridized carbons (Fsp3) is 0.400. The zero-order valence-corrected chi connectivity index (χ0v) is 17.1. The van der Waals surface area contributed by atoms with Gasteiger partial charge in [-0.3, -0.25) is 0 Å². The second-order valence-electron chi connectivity index (χ2n) is 8.03. The van der Waals surface area contributed by atoms with Crippen LogP contribution in [0, 0.1) is 5.92 Å². The maximum atomic E-state index is 12.0. The molecule has 0 saturated heterocycles. The van der Waals surface area contributed by atoms with Gasteiger partial charge >= 0.3 is 5.97 Å². The zero-order chi connectivity index (χ0) is 20.0. The number of para-hydroxylation sites is 1. The Hall–Kier alpha value is -2.55. The first-order valence-electron chi connectivity index (χ1n) is 10.2. The van der Waals surface area contributed by atoms with Gasteiger partial charge in [-0.05, 0) is 61.4 Å². The van der Waals surface area contributed by atoms with Crippen LogP contribution in [0.25, 0.3) is 0 Å². The van der Waals surface area contributed by atoms with Crippen molar-refractivity contribution in [2.24, 2.45) is 5.92 Å². The predicted octanol–water partition coefficient (Wildman–Crippen LogP) is 6.43. The Kier molecular flexibility index (Phi) is 6.56. The largest absolute Gasteiger partial charge is 0.459 e. The molecule has 1 fully saturated rings. The van der Waals surface area contributed by atoms with E-state index in [0.29, 0.717) is 5.92 Å². The number of esters is 1. The van der Waals surface area contributed by atoms with E-state index < -0.39 is 0 Å². The summed E-state index contributed by atoms with van der Waals surface area (Å²) >= 11 is 0. The van der Waals surface area contributed by atoms with Gasteiger partial charge in [0.1, 0.15) is 17.6 Å². The van der Waals surface area contributed by atoms with Crippen LogP contribution >= 0.6 is 0 Å². The van der Waals surface area contributed by atoms with Crippen molar-refractivity contribution in [3.63, 3.8) is 0 Å². The average Bonchev–Trinajstić information content (AvgIpc) is 2.70. The van der Waals surface area contributed by atoms with Gasteiger partial charge in [0.2, 0.25) is 0 Å². The first-order chi connectivity index (χ1) is 13.5. The van der Waals surface area contributed by atoms with E-state index in [-0.39, 0.29) is 17.5 Å². The quantitative estimate of drug-likeness (QED) is 0.429. The number of rotatable bonds is 6. The first kappa shape index (κ1) is 20.2. The van der Waals surface area contributed by atoms with E-state index in [4.69, 9.17) is 9.47 Å². The fourth-order valence-electron chi connectivity index (χ4n) is 4.18. The molecule has 0 unspecified atom stereocenters. The molecule has 0 bridgehead atoms. The minimum absolute atomic E-state index is 0.0345. The molecule has 3 heteroatoms. The highest BCUT2D eigenvalue weighted by atomic mass is 16.5. The van der Waals surface area contributed by atoms with Gasteiger partial charge in [0, 0.05) is 12.0 Å². The summed E-state index contributed by atoms with van der Waals surface area (Å²) in [6.07, 6.45) is 7.51. The topological polar surface area (TPSA) is 35.5 Å². The number of carbonyl (C=O) groups is 1. The Morgan fingerprint density at radius 1 is 0.964 bits per heavy atom. The van der Waals surface area contributed by atoms with Crippen LogP contribution in [0.2, 0.25) is 0 Å². The molecule has 2 aromatic rings. The first-order valence-corrected chi connectivity index (χ1v) is 10.2. The normalized spacial score (nSPS) is 20.1. The summed E-state index contributed by atoms with van der Waals surface area (Å²) in [4.78, 5) is 12.0. The molecule has 0 aromatic heterocycles. The number of hydrogen-bond donors (Lipinski definition) is 0. The lowest BCUT2D eigenvalue weighted by Gasteiger charge is -2.42. The lowest BCUT2D eigenvalue weighted by Crippen LogP contribution is -2.41. The molecule has 148 valence electrons. The molecule has 0 aliphatic heterocycles. The highest BCUT2D eigenvalue weighted by Gasteiger charge is 2.40. The van der Waals surface area contributed by atoms with E-state index in [1.54, 1.807) is 6.08 Å². The van der Waals surface area contributed by atoms with Crippen LogP contribution in [0.15, 0.2) is 66.7 Å². The van der Waals surface area contributed by atoms with Crippen molar-refractivity contribution in [3.8, 4) is 11.5 Å². The second-order valence-corrected chi connectivity index (χ2v) is 8.03. The molecule has 2 aromatic carbocycles. The SMILES string of the molecule is C/C=C/C(=O)O[C@@H]1CCCC[C@H]1C(C)(C)c1ccc(Oc2ccccc2)cc1. The van der Waals surface area contributed by atoms with Crippen molar-refractivity contribution < 1.29 is 14.3 Å². The Labute approximate surface area is 168 Å². The number of hydrogen-bond acceptors (Lipinski definition) is 3. The standard InChI is InChI=1S/C25H30O3/c1-4-10-24(26)28-23-14-9-8-13-22(23)25(2,3)19-15-17-21(18-16-19)27-20-11-6-5-7-12-20/h4-7,10-12,15-18,22-23H,8-9,13-14H2,1-3H3/b10-4+/t22-,23-/m1/s1. The minimum Gasteiger partial charge on any atom is -0.459 e. The van der Waals surface area contributed by atoms with Crippen LogP contribution in [0.5, 0.6) is 11.5 Å². The molecule has 28 heavy (non-hydrogen) atoms. The Balaban J connectivity index is 1.75. The summed E-state index contributed by atoms with van der Waals surface area (Å²) < 4.78 is 11.7. The molecule has 3 rings (SSSR count). The van der Waals surface area contributed by atoms with Gasteiger partial charge < -0.3 is 9.47 Å². The minimum atomic E-state index is -0.234. The number of carbonyl (C=O) groups excluding carboxylic acids is 1. The van der Waals surface area contributed by atoms with Gasteiger partial charge in [-0.2, -0.15) is 0 Å². The average molecular weight is 379 g/mol. The number of ether oxygens (including phenoxy) is 2. The van der Waals surface area contributed by atoms with Gasteiger partial charge in [0.15, 0.2) is 0 Å². The lowest BCUT2D eigenvalue weighted by atomic mass is 9.66. The fourth-order valence-corrected chi connectivity index (χ4v) is 4.18. The third-order valence-electron chi connectivity index (χ3n) is 5.78. The lowest BCUT2D eigenvalue weighted by molar-refractivity contribution is -0.149. The van der Waals surface area contributed by atoms with Crippen LogP contribution < -0.4 is 4.74 Å². The molecular weight excluding hydrogens is 348 g/mol. The van der Waals surface area contributed by atoms with Crippen molar-refractivity contribution in [1.29, 1.82) is 0 Å². The van der Waals surface area contributed by atoms with Crippen molar-refractivity contribution in [1.82, 2.24) is 0 Å². The number of benzene rings is 2. The summed E-state index contributed by atoms with van der Waals surface area (Å²) in [5.74, 6) is 1.72. The van der Waals surface area contributed by atoms with Crippen molar-refractivity contribution in [2.75, 3.05) is 0 Å². The van der Waals surface area contributed by atoms with Gasteiger partial charge in [-0.1, -0.05) is 56.7 Å². The molecule has 3 nitrogen and oxygen atoms in total. The molecule has 1 aliphatic rings. The molecule has 0 spiro atoms. The molecule has 0 amide bonds. The van der Waals surface area contributed by atoms with Gasteiger partial charge in [0.05, 0.1) is 0 Å². The summed E-state index contributed by atoms with van der Waals surface area (Å²) in [6, 6.07) is 18.1. The molecule has 2 atom stereocenters. The van der Waals surface area contributed by atoms with Crippen LogP contribution in [-0.4, -0.2) is 12.1 Å². The van der Waals surface area contributed by atoms with E-state index in [9.17, 15) is 4.79 Å². The van der Waals surface area contributed by atoms with E-state index in [2.05, 4.69) is 26.0 Å². The third kappa shape index (κ3) is 4.83. The summed E-state index contributed by atoms with van der Waals surface area (Å²) in [7, 11) is 0. The maximum absolute atomic E-state index is 12.0. The van der Waals surface area contributed by atoms with Crippen molar-refractivity contribution in [3.05, 3.63) is 72.3 Å². The van der Waals surface area contributed by atoms with Gasteiger partial charge in [-0.15, -0.1) is 0 Å². The molecular formula is C25H30O3. The van der Waals surface area contributed by atoms with E-state index in [1.807, 2.05) is 49.4 Å². The Morgan fingerprint density at radius 3 is 2.29 bits per heavy atom. The molecule has 1 saturated carbocycles. The Bertz CT molecular complexity index is 790. The van der Waals surface area contributed by atoms with Crippen LogP contribution in [0.3, 0.4) is 0 Å². The maximum Gasteiger partial charge on any atom is 0.330 e. The van der Waals surface area contributed by atoms with Crippen LogP contribution in [0.4, 0.5) is 0 Å². The monoisotopic (exact) mass is 378 g/mol. The smallest absolute Gasteiger partial charge is 0.330 e. The zero-order valence-electron chi connectivity index (χ0n) is 17.1. The number of allylic oxidation sites excluding steroid dienone is 1. The van der Waals surface area contributed by atoms with E-state index >= 15 is 0 Å². The Morgan fingerprint density at radius 2 is 1.61 bits per heavy atom. The molecule has 0 heterocycles. The van der Waals surface area contributed by atoms with Crippen LogP contribution in [0.1, 0.15) is 52.0 Å².